The zero-order chi connectivity index (χ0) is 31.6. The summed E-state index contributed by atoms with van der Waals surface area (Å²) in [6.07, 6.45) is 2.34. The van der Waals surface area contributed by atoms with Gasteiger partial charge in [-0.25, -0.2) is 22.7 Å². The summed E-state index contributed by atoms with van der Waals surface area (Å²) < 4.78 is 48.2. The maximum atomic E-state index is 14.2. The summed E-state index contributed by atoms with van der Waals surface area (Å²) in [4.78, 5) is 14.3. The number of imidazole rings is 1. The van der Waals surface area contributed by atoms with Crippen molar-refractivity contribution in [1.82, 2.24) is 24.7 Å². The molecular weight excluding hydrogens is 580 g/mol. The van der Waals surface area contributed by atoms with Gasteiger partial charge < -0.3 is 18.6 Å². The van der Waals surface area contributed by atoms with Crippen LogP contribution in [0.1, 0.15) is 53.3 Å². The molecule has 0 N–H and O–H groups in total. The molecule has 44 heavy (non-hydrogen) atoms. The lowest BCUT2D eigenvalue weighted by Crippen LogP contribution is -2.33. The first-order valence-electron chi connectivity index (χ1n) is 14.5. The average Bonchev–Trinajstić information content (AvgIpc) is 3.53. The van der Waals surface area contributed by atoms with E-state index in [2.05, 4.69) is 28.6 Å². The van der Waals surface area contributed by atoms with Crippen LogP contribution in [0.5, 0.6) is 0 Å². The molecule has 11 nitrogen and oxygen atoms in total. The van der Waals surface area contributed by atoms with Gasteiger partial charge in [0.1, 0.15) is 23.0 Å². The summed E-state index contributed by atoms with van der Waals surface area (Å²) in [5.41, 5.74) is 7.76. The number of anilines is 1. The van der Waals surface area contributed by atoms with Crippen LogP contribution in [-0.2, 0) is 39.1 Å². The molecule has 0 saturated carbocycles. The fourth-order valence-corrected chi connectivity index (χ4v) is 6.81. The Morgan fingerprint density at radius 2 is 1.84 bits per heavy atom. The van der Waals surface area contributed by atoms with Crippen LogP contribution < -0.4 is 4.31 Å². The number of benzene rings is 1. The SMILES string of the molecule is CCOCc1cc(Cn2c(CC)nc3c(C)cc(C)nc32)ccc1-c1ncccc1S(=O)(=O)N(COC)c1onc(C)c1C. The standard InChI is InChI=1S/C32H38N6O5S/c1-8-28-35-29-20(3)15-21(4)34-31(29)37(28)17-24-12-13-26(25(16-24)18-42-9-2)30-27(11-10-14-33-30)44(39,40)38(19-41-7)32-22(5)23(6)36-43-32/h10-16H,8-9,17-19H2,1-7H3. The molecule has 232 valence electrons. The number of nitrogens with zero attached hydrogens (tertiary/aromatic N) is 6. The Bertz CT molecular complexity index is 1910. The molecule has 1 aromatic carbocycles. The van der Waals surface area contributed by atoms with Gasteiger partial charge in [-0.1, -0.05) is 30.3 Å². The molecule has 4 aromatic heterocycles. The number of hydrogen-bond acceptors (Lipinski definition) is 9. The van der Waals surface area contributed by atoms with Crippen LogP contribution >= 0.6 is 0 Å². The van der Waals surface area contributed by atoms with Crippen LogP contribution in [0.2, 0.25) is 0 Å². The molecule has 12 heteroatoms. The molecule has 0 unspecified atom stereocenters. The second kappa shape index (κ2) is 12.8. The number of hydrogen-bond donors (Lipinski definition) is 0. The highest BCUT2D eigenvalue weighted by Crippen LogP contribution is 2.35. The Labute approximate surface area is 257 Å². The highest BCUT2D eigenvalue weighted by molar-refractivity contribution is 7.93. The van der Waals surface area contributed by atoms with Crippen molar-refractivity contribution < 1.29 is 22.4 Å². The van der Waals surface area contributed by atoms with E-state index in [4.69, 9.17) is 24.0 Å². The maximum Gasteiger partial charge on any atom is 0.270 e. The monoisotopic (exact) mass is 618 g/mol. The lowest BCUT2D eigenvalue weighted by Gasteiger charge is -2.23. The van der Waals surface area contributed by atoms with Crippen molar-refractivity contribution in [3.8, 4) is 11.3 Å². The predicted octanol–water partition coefficient (Wildman–Crippen LogP) is 5.66. The van der Waals surface area contributed by atoms with Gasteiger partial charge >= 0.3 is 0 Å². The van der Waals surface area contributed by atoms with Gasteiger partial charge in [0.15, 0.2) is 5.65 Å². The number of rotatable bonds is 12. The molecule has 5 rings (SSSR count). The molecule has 0 aliphatic rings. The molecule has 0 amide bonds. The number of aromatic nitrogens is 5. The molecule has 5 aromatic rings. The Hall–Kier alpha value is -4.13. The lowest BCUT2D eigenvalue weighted by molar-refractivity contribution is 0.134. The minimum Gasteiger partial charge on any atom is -0.377 e. The minimum absolute atomic E-state index is 0.0139. The van der Waals surface area contributed by atoms with Crippen molar-refractivity contribution in [2.24, 2.45) is 0 Å². The van der Waals surface area contributed by atoms with Crippen molar-refractivity contribution in [2.75, 3.05) is 24.8 Å². The highest BCUT2D eigenvalue weighted by Gasteiger charge is 2.33. The zero-order valence-electron chi connectivity index (χ0n) is 26.2. The molecule has 0 aliphatic carbocycles. The van der Waals surface area contributed by atoms with Crippen LogP contribution in [0, 0.1) is 27.7 Å². The third-order valence-electron chi connectivity index (χ3n) is 7.59. The number of methoxy groups -OCH3 is 1. The fourth-order valence-electron chi connectivity index (χ4n) is 5.28. The first-order valence-corrected chi connectivity index (χ1v) is 16.0. The molecule has 4 heterocycles. The topological polar surface area (TPSA) is 125 Å². The summed E-state index contributed by atoms with van der Waals surface area (Å²) in [5, 5.41) is 3.96. The predicted molar refractivity (Wildman–Crippen MR) is 168 cm³/mol. The van der Waals surface area contributed by atoms with Gasteiger partial charge in [-0.2, -0.15) is 0 Å². The molecule has 0 aliphatic heterocycles. The first-order chi connectivity index (χ1) is 21.1. The number of sulfonamides is 1. The van der Waals surface area contributed by atoms with E-state index in [-0.39, 0.29) is 24.1 Å². The van der Waals surface area contributed by atoms with Crippen molar-refractivity contribution in [3.63, 3.8) is 0 Å². The molecule has 0 saturated heterocycles. The van der Waals surface area contributed by atoms with Crippen LogP contribution in [0.25, 0.3) is 22.4 Å². The summed E-state index contributed by atoms with van der Waals surface area (Å²) in [6, 6.07) is 11.1. The van der Waals surface area contributed by atoms with Crippen LogP contribution in [0.4, 0.5) is 5.88 Å². The minimum atomic E-state index is -4.18. The fraction of sp³-hybridized carbons (Fsp3) is 0.375. The Morgan fingerprint density at radius 3 is 2.52 bits per heavy atom. The van der Waals surface area contributed by atoms with Crippen LogP contribution in [0.15, 0.2) is 52.0 Å². The summed E-state index contributed by atoms with van der Waals surface area (Å²) in [5.74, 6) is 1.05. The third-order valence-corrected chi connectivity index (χ3v) is 9.33. The second-order valence-electron chi connectivity index (χ2n) is 10.7. The Morgan fingerprint density at radius 1 is 1.05 bits per heavy atom. The van der Waals surface area contributed by atoms with Crippen LogP contribution in [-0.4, -0.2) is 53.5 Å². The summed E-state index contributed by atoms with van der Waals surface area (Å²) in [7, 11) is -2.76. The summed E-state index contributed by atoms with van der Waals surface area (Å²) >= 11 is 0. The van der Waals surface area contributed by atoms with Gasteiger partial charge in [0, 0.05) is 43.2 Å². The smallest absolute Gasteiger partial charge is 0.270 e. The quantitative estimate of drug-likeness (QED) is 0.163. The van der Waals surface area contributed by atoms with E-state index in [1.54, 1.807) is 32.2 Å². The number of aryl methyl sites for hydroxylation is 4. The average molecular weight is 619 g/mol. The van der Waals surface area contributed by atoms with Crippen molar-refractivity contribution in [2.45, 2.75) is 66.0 Å². The van der Waals surface area contributed by atoms with Crippen LogP contribution in [0.3, 0.4) is 0 Å². The molecule has 0 atom stereocenters. The Kier molecular flexibility index (Phi) is 9.14. The molecule has 0 spiro atoms. The van der Waals surface area contributed by atoms with E-state index in [0.717, 1.165) is 50.1 Å². The van der Waals surface area contributed by atoms with Crippen molar-refractivity contribution in [3.05, 3.63) is 82.1 Å². The van der Waals surface area contributed by atoms with Gasteiger partial charge in [-0.3, -0.25) is 4.98 Å². The van der Waals surface area contributed by atoms with Gasteiger partial charge in [0.2, 0.25) is 5.88 Å². The van der Waals surface area contributed by atoms with E-state index < -0.39 is 10.0 Å². The van der Waals surface area contributed by atoms with Gasteiger partial charge in [0.25, 0.3) is 10.0 Å². The maximum absolute atomic E-state index is 14.2. The Balaban J connectivity index is 1.61. The van der Waals surface area contributed by atoms with E-state index in [1.165, 1.54) is 7.11 Å². The second-order valence-corrected chi connectivity index (χ2v) is 12.5. The van der Waals surface area contributed by atoms with Gasteiger partial charge in [0.05, 0.1) is 24.5 Å². The van der Waals surface area contributed by atoms with E-state index in [9.17, 15) is 8.42 Å². The number of fused-ring (bicyclic) bond motifs is 1. The largest absolute Gasteiger partial charge is 0.377 e. The molecule has 0 fully saturated rings. The lowest BCUT2D eigenvalue weighted by atomic mass is 10.0. The first kappa shape index (κ1) is 31.3. The van der Waals surface area contributed by atoms with E-state index in [0.29, 0.717) is 35.7 Å². The summed E-state index contributed by atoms with van der Waals surface area (Å²) in [6.45, 7) is 12.6. The highest BCUT2D eigenvalue weighted by atomic mass is 32.2. The van der Waals surface area contributed by atoms with Crippen molar-refractivity contribution >= 4 is 27.1 Å². The third kappa shape index (κ3) is 5.84. The van der Waals surface area contributed by atoms with Crippen molar-refractivity contribution in [1.29, 1.82) is 0 Å². The normalized spacial score (nSPS) is 11.9. The van der Waals surface area contributed by atoms with Gasteiger partial charge in [-0.05, 0) is 69.5 Å². The molecule has 0 bridgehead atoms. The van der Waals surface area contributed by atoms with E-state index in [1.807, 2.05) is 38.1 Å². The van der Waals surface area contributed by atoms with E-state index >= 15 is 0 Å². The number of pyridine rings is 2. The van der Waals surface area contributed by atoms with Gasteiger partial charge in [-0.15, -0.1) is 0 Å². The zero-order valence-corrected chi connectivity index (χ0v) is 27.0. The number of ether oxygens (including phenoxy) is 2. The molecular formula is C32H38N6O5S. The molecule has 0 radical (unpaired) electrons.